The summed E-state index contributed by atoms with van der Waals surface area (Å²) in [5, 5.41) is 13.6. The van der Waals surface area contributed by atoms with Crippen molar-refractivity contribution >= 4 is 56.4 Å². The highest BCUT2D eigenvalue weighted by atomic mass is 35.5. The molecule has 0 radical (unpaired) electrons. The molecule has 5 nitrogen and oxygen atoms in total. The van der Waals surface area contributed by atoms with Gasteiger partial charge in [-0.05, 0) is 65.5 Å². The molecular formula is C24H16ClNO4S. The summed E-state index contributed by atoms with van der Waals surface area (Å²) in [5.41, 5.74) is 1.16. The van der Waals surface area contributed by atoms with Crippen LogP contribution in [0.4, 0.5) is 5.69 Å². The number of halogens is 1. The van der Waals surface area contributed by atoms with Gasteiger partial charge in [-0.25, -0.2) is 4.79 Å². The predicted octanol–water partition coefficient (Wildman–Crippen LogP) is 5.93. The van der Waals surface area contributed by atoms with Gasteiger partial charge in [0.25, 0.3) is 5.91 Å². The number of rotatable bonds is 6. The molecule has 1 aromatic heterocycles. The third kappa shape index (κ3) is 4.66. The molecule has 0 saturated heterocycles. The van der Waals surface area contributed by atoms with Crippen molar-refractivity contribution in [2.24, 2.45) is 0 Å². The van der Waals surface area contributed by atoms with Gasteiger partial charge in [0, 0.05) is 27.4 Å². The smallest absolute Gasteiger partial charge is 0.335 e. The van der Waals surface area contributed by atoms with Crippen LogP contribution in [0.2, 0.25) is 5.02 Å². The Bertz CT molecular complexity index is 1280. The lowest BCUT2D eigenvalue weighted by molar-refractivity contribution is 0.0695. The highest BCUT2D eigenvalue weighted by molar-refractivity contribution is 7.20. The number of thiophene rings is 1. The van der Waals surface area contributed by atoms with Crippen LogP contribution >= 0.6 is 22.9 Å². The lowest BCUT2D eigenvalue weighted by atomic mass is 9.98. The molecule has 7 heteroatoms. The topological polar surface area (TPSA) is 83.5 Å². The first kappa shape index (κ1) is 20.8. The number of benzene rings is 3. The van der Waals surface area contributed by atoms with Crippen molar-refractivity contribution < 1.29 is 19.5 Å². The van der Waals surface area contributed by atoms with Crippen LogP contribution in [0.25, 0.3) is 10.1 Å². The molecule has 0 aliphatic heterocycles. The van der Waals surface area contributed by atoms with Gasteiger partial charge in [0.05, 0.1) is 10.4 Å². The molecule has 2 N–H and O–H groups in total. The number of aromatic carboxylic acids is 1. The van der Waals surface area contributed by atoms with E-state index in [1.807, 2.05) is 30.3 Å². The third-order valence-electron chi connectivity index (χ3n) is 4.75. The highest BCUT2D eigenvalue weighted by Gasteiger charge is 2.19. The van der Waals surface area contributed by atoms with Crippen molar-refractivity contribution in [2.75, 3.05) is 5.32 Å². The molecule has 0 aliphatic carbocycles. The number of ketones is 1. The zero-order chi connectivity index (χ0) is 22.0. The van der Waals surface area contributed by atoms with Gasteiger partial charge >= 0.3 is 5.97 Å². The molecule has 0 aliphatic rings. The standard InChI is InChI=1S/C24H16ClNO4S/c25-17-6-8-18(9-7-17)26-23(28)19-10-5-15(24(29)30)11-16(19)12-20(27)22-13-14-3-1-2-4-21(14)31-22/h1-11,13H,12H2,(H,26,28)(H,29,30). The summed E-state index contributed by atoms with van der Waals surface area (Å²) in [4.78, 5) is 37.8. The van der Waals surface area contributed by atoms with Gasteiger partial charge in [-0.1, -0.05) is 29.8 Å². The van der Waals surface area contributed by atoms with E-state index in [0.29, 0.717) is 21.2 Å². The molecule has 3 aromatic carbocycles. The minimum absolute atomic E-state index is 0.0159. The van der Waals surface area contributed by atoms with E-state index in [0.717, 1.165) is 10.1 Å². The number of fused-ring (bicyclic) bond motifs is 1. The molecule has 0 bridgehead atoms. The van der Waals surface area contributed by atoms with Crippen molar-refractivity contribution in [3.63, 3.8) is 0 Å². The van der Waals surface area contributed by atoms with E-state index in [9.17, 15) is 19.5 Å². The maximum atomic E-state index is 13.0. The number of Topliss-reactive ketones (excluding diaryl/α,β-unsaturated/α-hetero) is 1. The summed E-state index contributed by atoms with van der Waals surface area (Å²) in [6.45, 7) is 0. The maximum Gasteiger partial charge on any atom is 0.335 e. The molecule has 0 unspecified atom stereocenters. The van der Waals surface area contributed by atoms with Crippen LogP contribution in [-0.2, 0) is 6.42 Å². The van der Waals surface area contributed by atoms with E-state index in [2.05, 4.69) is 5.32 Å². The molecule has 0 fully saturated rings. The van der Waals surface area contributed by atoms with Crippen LogP contribution < -0.4 is 5.32 Å². The Morgan fingerprint density at radius 3 is 2.39 bits per heavy atom. The molecule has 0 spiro atoms. The number of hydrogen-bond donors (Lipinski definition) is 2. The van der Waals surface area contributed by atoms with E-state index in [1.165, 1.54) is 29.5 Å². The van der Waals surface area contributed by atoms with Gasteiger partial charge in [-0.3, -0.25) is 9.59 Å². The van der Waals surface area contributed by atoms with Gasteiger partial charge in [0.2, 0.25) is 0 Å². The second kappa shape index (κ2) is 8.71. The largest absolute Gasteiger partial charge is 0.478 e. The fourth-order valence-electron chi connectivity index (χ4n) is 3.21. The molecule has 1 amide bonds. The summed E-state index contributed by atoms with van der Waals surface area (Å²) in [6, 6.07) is 20.3. The van der Waals surface area contributed by atoms with Crippen LogP contribution in [0.5, 0.6) is 0 Å². The Kier molecular flexibility index (Phi) is 5.84. The Labute approximate surface area is 186 Å². The SMILES string of the molecule is O=C(O)c1ccc(C(=O)Nc2ccc(Cl)cc2)c(CC(=O)c2cc3ccccc3s2)c1. The summed E-state index contributed by atoms with van der Waals surface area (Å²) in [6.07, 6.45) is -0.0860. The van der Waals surface area contributed by atoms with E-state index in [1.54, 1.807) is 24.3 Å². The predicted molar refractivity (Wildman–Crippen MR) is 123 cm³/mol. The molecule has 0 saturated carbocycles. The number of nitrogens with one attached hydrogen (secondary N) is 1. The van der Waals surface area contributed by atoms with Crippen LogP contribution in [0.15, 0.2) is 72.8 Å². The van der Waals surface area contributed by atoms with E-state index in [4.69, 9.17) is 11.6 Å². The maximum absolute atomic E-state index is 13.0. The van der Waals surface area contributed by atoms with Crippen molar-refractivity contribution in [3.05, 3.63) is 99.4 Å². The molecule has 0 atom stereocenters. The van der Waals surface area contributed by atoms with Crippen LogP contribution in [0.3, 0.4) is 0 Å². The van der Waals surface area contributed by atoms with Gasteiger partial charge < -0.3 is 10.4 Å². The minimum atomic E-state index is -1.12. The van der Waals surface area contributed by atoms with Crippen molar-refractivity contribution in [3.8, 4) is 0 Å². The lowest BCUT2D eigenvalue weighted by Gasteiger charge is -2.11. The monoisotopic (exact) mass is 449 g/mol. The minimum Gasteiger partial charge on any atom is -0.478 e. The van der Waals surface area contributed by atoms with E-state index < -0.39 is 11.9 Å². The van der Waals surface area contributed by atoms with Crippen LogP contribution in [0.1, 0.15) is 36.0 Å². The molecule has 154 valence electrons. The van der Waals surface area contributed by atoms with Gasteiger partial charge in [0.15, 0.2) is 5.78 Å². The van der Waals surface area contributed by atoms with E-state index >= 15 is 0 Å². The fraction of sp³-hybridized carbons (Fsp3) is 0.0417. The van der Waals surface area contributed by atoms with E-state index in [-0.39, 0.29) is 23.3 Å². The number of carbonyl (C=O) groups is 3. The molecular weight excluding hydrogens is 434 g/mol. The fourth-order valence-corrected chi connectivity index (χ4v) is 4.33. The summed E-state index contributed by atoms with van der Waals surface area (Å²) < 4.78 is 0.992. The Balaban J connectivity index is 1.64. The third-order valence-corrected chi connectivity index (χ3v) is 6.16. The molecule has 4 rings (SSSR count). The van der Waals surface area contributed by atoms with Crippen molar-refractivity contribution in [1.29, 1.82) is 0 Å². The number of hydrogen-bond acceptors (Lipinski definition) is 4. The summed E-state index contributed by atoms with van der Waals surface area (Å²) >= 11 is 7.25. The number of carboxylic acids is 1. The van der Waals surface area contributed by atoms with Crippen molar-refractivity contribution in [1.82, 2.24) is 0 Å². The average molecular weight is 450 g/mol. The molecule has 31 heavy (non-hydrogen) atoms. The quantitative estimate of drug-likeness (QED) is 0.357. The average Bonchev–Trinajstić information content (AvgIpc) is 3.20. The highest BCUT2D eigenvalue weighted by Crippen LogP contribution is 2.27. The Morgan fingerprint density at radius 2 is 1.68 bits per heavy atom. The number of carbonyl (C=O) groups excluding carboxylic acids is 2. The zero-order valence-corrected chi connectivity index (χ0v) is 17.7. The molecule has 1 heterocycles. The van der Waals surface area contributed by atoms with Gasteiger partial charge in [-0.15, -0.1) is 11.3 Å². The lowest BCUT2D eigenvalue weighted by Crippen LogP contribution is -2.16. The normalized spacial score (nSPS) is 10.7. The first-order valence-electron chi connectivity index (χ1n) is 9.35. The summed E-state index contributed by atoms with van der Waals surface area (Å²) in [7, 11) is 0. The number of amides is 1. The second-order valence-electron chi connectivity index (χ2n) is 6.89. The van der Waals surface area contributed by atoms with Crippen LogP contribution in [0, 0.1) is 0 Å². The first-order valence-corrected chi connectivity index (χ1v) is 10.5. The van der Waals surface area contributed by atoms with Crippen LogP contribution in [-0.4, -0.2) is 22.8 Å². The van der Waals surface area contributed by atoms with Gasteiger partial charge in [0.1, 0.15) is 0 Å². The number of carboxylic acid groups (broad SMARTS) is 1. The Morgan fingerprint density at radius 1 is 0.935 bits per heavy atom. The zero-order valence-electron chi connectivity index (χ0n) is 16.1. The van der Waals surface area contributed by atoms with Crippen molar-refractivity contribution in [2.45, 2.75) is 6.42 Å². The number of anilines is 1. The first-order chi connectivity index (χ1) is 14.9. The summed E-state index contributed by atoms with van der Waals surface area (Å²) in [5.74, 6) is -1.73. The van der Waals surface area contributed by atoms with Gasteiger partial charge in [-0.2, -0.15) is 0 Å². The Hall–Kier alpha value is -3.48. The second-order valence-corrected chi connectivity index (χ2v) is 8.41. The molecule has 4 aromatic rings.